The van der Waals surface area contributed by atoms with Crippen molar-refractivity contribution in [2.75, 3.05) is 13.2 Å². The number of fused-ring (bicyclic) bond motifs is 1. The van der Waals surface area contributed by atoms with Crippen LogP contribution in [0.5, 0.6) is 11.5 Å². The van der Waals surface area contributed by atoms with E-state index in [-0.39, 0.29) is 11.5 Å². The summed E-state index contributed by atoms with van der Waals surface area (Å²) in [7, 11) is 0. The molecule has 32 heavy (non-hydrogen) atoms. The number of rotatable bonds is 9. The van der Waals surface area contributed by atoms with E-state index in [0.29, 0.717) is 24.7 Å². The van der Waals surface area contributed by atoms with E-state index in [4.69, 9.17) is 9.47 Å². The zero-order valence-electron chi connectivity index (χ0n) is 17.6. The summed E-state index contributed by atoms with van der Waals surface area (Å²) in [6.07, 6.45) is 1.86. The van der Waals surface area contributed by atoms with Gasteiger partial charge in [-0.3, -0.25) is 10.1 Å². The third-order valence-corrected chi connectivity index (χ3v) is 5.83. The molecule has 0 aliphatic rings. The van der Waals surface area contributed by atoms with Gasteiger partial charge < -0.3 is 14.5 Å². The first-order chi connectivity index (χ1) is 15.5. The van der Waals surface area contributed by atoms with E-state index in [1.807, 2.05) is 79.9 Å². The third-order valence-electron chi connectivity index (χ3n) is 5.31. The molecule has 0 saturated heterocycles. The monoisotopic (exact) mass is 494 g/mol. The van der Waals surface area contributed by atoms with E-state index in [0.717, 1.165) is 32.1 Å². The van der Waals surface area contributed by atoms with Gasteiger partial charge in [0, 0.05) is 26.5 Å². The Labute approximate surface area is 194 Å². The molecule has 4 aromatic rings. The molecule has 7 heteroatoms. The number of hydrogen-bond acceptors (Lipinski definition) is 4. The van der Waals surface area contributed by atoms with Crippen LogP contribution < -0.4 is 9.47 Å². The average molecular weight is 495 g/mol. The molecule has 1 N–H and O–H groups in total. The van der Waals surface area contributed by atoms with Gasteiger partial charge in [0.2, 0.25) is 6.54 Å². The first kappa shape index (κ1) is 21.9. The number of ether oxygens (including phenoxy) is 2. The predicted octanol–water partition coefficient (Wildman–Crippen LogP) is 6.32. The lowest BCUT2D eigenvalue weighted by Gasteiger charge is -2.17. The number of aromatic amines is 1. The number of aromatic nitrogens is 1. The second-order valence-electron chi connectivity index (χ2n) is 7.41. The highest BCUT2D eigenvalue weighted by Gasteiger charge is 2.24. The fourth-order valence-electron chi connectivity index (χ4n) is 3.79. The maximum atomic E-state index is 11.5. The summed E-state index contributed by atoms with van der Waals surface area (Å²) in [5.74, 6) is 0.772. The molecule has 1 heterocycles. The molecule has 0 bridgehead atoms. The van der Waals surface area contributed by atoms with Crippen LogP contribution in [-0.4, -0.2) is 23.1 Å². The van der Waals surface area contributed by atoms with E-state index >= 15 is 0 Å². The molecule has 0 fully saturated rings. The van der Waals surface area contributed by atoms with Gasteiger partial charge >= 0.3 is 0 Å². The van der Waals surface area contributed by atoms with Crippen molar-refractivity contribution < 1.29 is 14.4 Å². The Balaban J connectivity index is 1.66. The number of nitro groups is 1. The number of benzene rings is 3. The lowest BCUT2D eigenvalue weighted by molar-refractivity contribution is -0.481. The van der Waals surface area contributed by atoms with E-state index in [1.165, 1.54) is 0 Å². The van der Waals surface area contributed by atoms with Crippen LogP contribution in [0.4, 0.5) is 0 Å². The van der Waals surface area contributed by atoms with E-state index in [2.05, 4.69) is 20.9 Å². The maximum absolute atomic E-state index is 11.5. The van der Waals surface area contributed by atoms with Gasteiger partial charge in [-0.1, -0.05) is 52.3 Å². The highest BCUT2D eigenvalue weighted by molar-refractivity contribution is 9.10. The topological polar surface area (TPSA) is 77.4 Å². The standard InChI is InChI=1S/C25H23BrN2O4/c1-2-31-25-13-18(9-12-24(25)32-16-17-7-10-19(26)11-8-17)22(15-28(29)30)21-14-27-23-6-4-3-5-20(21)23/h3-14,22,27H,2,15-16H2,1H3/t22-/m1/s1. The normalized spacial score (nSPS) is 11.9. The van der Waals surface area contributed by atoms with E-state index in [1.54, 1.807) is 0 Å². The van der Waals surface area contributed by atoms with Crippen molar-refractivity contribution in [2.24, 2.45) is 0 Å². The third kappa shape index (κ3) is 4.94. The molecule has 6 nitrogen and oxygen atoms in total. The van der Waals surface area contributed by atoms with Gasteiger partial charge in [0.25, 0.3) is 0 Å². The fraction of sp³-hybridized carbons (Fsp3) is 0.200. The van der Waals surface area contributed by atoms with Crippen LogP contribution in [0.25, 0.3) is 10.9 Å². The minimum Gasteiger partial charge on any atom is -0.490 e. The summed E-state index contributed by atoms with van der Waals surface area (Å²) >= 11 is 3.43. The fourth-order valence-corrected chi connectivity index (χ4v) is 4.05. The van der Waals surface area contributed by atoms with Crippen LogP contribution in [0.1, 0.15) is 29.5 Å². The summed E-state index contributed by atoms with van der Waals surface area (Å²) in [4.78, 5) is 14.5. The zero-order chi connectivity index (χ0) is 22.5. The van der Waals surface area contributed by atoms with Gasteiger partial charge in [0.1, 0.15) is 6.61 Å². The van der Waals surface area contributed by atoms with Gasteiger partial charge in [0.05, 0.1) is 12.5 Å². The van der Waals surface area contributed by atoms with Crippen molar-refractivity contribution in [1.29, 1.82) is 0 Å². The lowest BCUT2D eigenvalue weighted by Crippen LogP contribution is -2.14. The molecule has 1 atom stereocenters. The number of H-pyrrole nitrogens is 1. The summed E-state index contributed by atoms with van der Waals surface area (Å²) in [5, 5.41) is 12.5. The van der Waals surface area contributed by atoms with Crippen molar-refractivity contribution in [3.8, 4) is 11.5 Å². The van der Waals surface area contributed by atoms with Crippen molar-refractivity contribution in [3.63, 3.8) is 0 Å². The van der Waals surface area contributed by atoms with Gasteiger partial charge in [-0.25, -0.2) is 0 Å². The maximum Gasteiger partial charge on any atom is 0.214 e. The minimum absolute atomic E-state index is 0.216. The molecule has 0 spiro atoms. The second kappa shape index (κ2) is 9.87. The Kier molecular flexibility index (Phi) is 6.75. The zero-order valence-corrected chi connectivity index (χ0v) is 19.2. The number of halogens is 1. The number of nitrogens with zero attached hydrogens (tertiary/aromatic N) is 1. The Bertz CT molecular complexity index is 1220. The predicted molar refractivity (Wildman–Crippen MR) is 128 cm³/mol. The average Bonchev–Trinajstić information content (AvgIpc) is 3.22. The molecule has 0 aliphatic heterocycles. The van der Waals surface area contributed by atoms with Crippen molar-refractivity contribution >= 4 is 26.8 Å². The summed E-state index contributed by atoms with van der Waals surface area (Å²) in [5.41, 5.74) is 3.69. The summed E-state index contributed by atoms with van der Waals surface area (Å²) < 4.78 is 12.9. The molecule has 0 amide bonds. The highest BCUT2D eigenvalue weighted by atomic mass is 79.9. The second-order valence-corrected chi connectivity index (χ2v) is 8.33. The molecule has 4 rings (SSSR count). The minimum atomic E-state index is -0.416. The van der Waals surface area contributed by atoms with E-state index in [9.17, 15) is 10.1 Å². The quantitative estimate of drug-likeness (QED) is 0.218. The Morgan fingerprint density at radius 2 is 1.81 bits per heavy atom. The number of para-hydroxylation sites is 1. The van der Waals surface area contributed by atoms with Gasteiger partial charge in [-0.05, 0) is 53.9 Å². The molecular weight excluding hydrogens is 472 g/mol. The van der Waals surface area contributed by atoms with Gasteiger partial charge in [-0.2, -0.15) is 0 Å². The molecular formula is C25H23BrN2O4. The van der Waals surface area contributed by atoms with Gasteiger partial charge in [-0.15, -0.1) is 0 Å². The Morgan fingerprint density at radius 1 is 1.03 bits per heavy atom. The number of nitrogens with one attached hydrogen (secondary N) is 1. The van der Waals surface area contributed by atoms with Crippen LogP contribution in [0, 0.1) is 10.1 Å². The van der Waals surface area contributed by atoms with Crippen LogP contribution in [0.3, 0.4) is 0 Å². The van der Waals surface area contributed by atoms with Crippen molar-refractivity contribution in [2.45, 2.75) is 19.4 Å². The van der Waals surface area contributed by atoms with Gasteiger partial charge in [0.15, 0.2) is 11.5 Å². The van der Waals surface area contributed by atoms with E-state index < -0.39 is 5.92 Å². The molecule has 0 unspecified atom stereocenters. The lowest BCUT2D eigenvalue weighted by atomic mass is 9.90. The smallest absolute Gasteiger partial charge is 0.214 e. The van der Waals surface area contributed by atoms with Crippen LogP contribution in [0.15, 0.2) is 77.4 Å². The number of hydrogen-bond donors (Lipinski definition) is 1. The van der Waals surface area contributed by atoms with Crippen molar-refractivity contribution in [3.05, 3.63) is 104 Å². The molecule has 3 aromatic carbocycles. The molecule has 0 saturated carbocycles. The highest BCUT2D eigenvalue weighted by Crippen LogP contribution is 2.36. The molecule has 0 radical (unpaired) electrons. The molecule has 0 aliphatic carbocycles. The van der Waals surface area contributed by atoms with Crippen molar-refractivity contribution in [1.82, 2.24) is 4.98 Å². The van der Waals surface area contributed by atoms with Crippen LogP contribution in [0.2, 0.25) is 0 Å². The first-order valence-corrected chi connectivity index (χ1v) is 11.2. The van der Waals surface area contributed by atoms with Crippen LogP contribution >= 0.6 is 15.9 Å². The SMILES string of the molecule is CCOc1cc([C@@H](C[N+](=O)[O-])c2c[nH]c3ccccc23)ccc1OCc1ccc(Br)cc1. The first-order valence-electron chi connectivity index (χ1n) is 10.4. The molecule has 1 aromatic heterocycles. The Morgan fingerprint density at radius 3 is 2.56 bits per heavy atom. The summed E-state index contributed by atoms with van der Waals surface area (Å²) in [6.45, 7) is 2.55. The molecule has 164 valence electrons. The summed E-state index contributed by atoms with van der Waals surface area (Å²) in [6, 6.07) is 21.3. The Hall–Kier alpha value is -3.32. The largest absolute Gasteiger partial charge is 0.490 e. The van der Waals surface area contributed by atoms with Crippen LogP contribution in [-0.2, 0) is 6.61 Å².